The molecule has 0 N–H and O–H groups in total. The first kappa shape index (κ1) is 27.8. The maximum atomic E-state index is 6.41. The monoisotopic (exact) mass is 644 g/mol. The van der Waals surface area contributed by atoms with Crippen molar-refractivity contribution < 1.29 is 4.42 Å². The molecule has 0 saturated heterocycles. The SMILES string of the molecule is c1ccc(-c2nc3ccc4ccc5ccc(N(c6ccc7c(c6)oc6ccccc67)c6ccccc6-c6ccccc6)cc5c4c3s2)cc1. The van der Waals surface area contributed by atoms with E-state index >= 15 is 0 Å². The minimum Gasteiger partial charge on any atom is -0.456 e. The van der Waals surface area contributed by atoms with Gasteiger partial charge in [-0.2, -0.15) is 0 Å². The number of nitrogens with zero attached hydrogens (tertiary/aromatic N) is 2. The van der Waals surface area contributed by atoms with E-state index in [1.54, 1.807) is 11.3 Å². The Morgan fingerprint density at radius 2 is 1.14 bits per heavy atom. The largest absolute Gasteiger partial charge is 0.456 e. The predicted molar refractivity (Wildman–Crippen MR) is 207 cm³/mol. The van der Waals surface area contributed by atoms with E-state index in [4.69, 9.17) is 9.40 Å². The highest BCUT2D eigenvalue weighted by molar-refractivity contribution is 7.22. The number of benzene rings is 8. The second-order valence-electron chi connectivity index (χ2n) is 12.4. The fourth-order valence-corrected chi connectivity index (χ4v) is 8.30. The minimum absolute atomic E-state index is 0.868. The summed E-state index contributed by atoms with van der Waals surface area (Å²) >= 11 is 1.77. The molecule has 10 aromatic rings. The first-order valence-electron chi connectivity index (χ1n) is 16.5. The second-order valence-corrected chi connectivity index (χ2v) is 13.4. The summed E-state index contributed by atoms with van der Waals surface area (Å²) in [5, 5.41) is 8.12. The lowest BCUT2D eigenvalue weighted by molar-refractivity contribution is 0.669. The molecule has 8 aromatic carbocycles. The molecule has 0 aliphatic carbocycles. The van der Waals surface area contributed by atoms with Gasteiger partial charge in [0.2, 0.25) is 0 Å². The number of fused-ring (bicyclic) bond motifs is 8. The molecule has 0 aliphatic heterocycles. The van der Waals surface area contributed by atoms with Gasteiger partial charge in [0.15, 0.2) is 0 Å². The third-order valence-corrected chi connectivity index (χ3v) is 10.6. The lowest BCUT2D eigenvalue weighted by atomic mass is 9.99. The molecule has 2 aromatic heterocycles. The summed E-state index contributed by atoms with van der Waals surface area (Å²) in [7, 11) is 0. The Bertz CT molecular complexity index is 2840. The molecule has 0 bridgehead atoms. The van der Waals surface area contributed by atoms with E-state index in [-0.39, 0.29) is 0 Å². The van der Waals surface area contributed by atoms with Gasteiger partial charge in [0.05, 0.1) is 15.9 Å². The highest BCUT2D eigenvalue weighted by Gasteiger charge is 2.20. The number of hydrogen-bond donors (Lipinski definition) is 0. The molecule has 0 spiro atoms. The molecule has 49 heavy (non-hydrogen) atoms. The molecule has 0 unspecified atom stereocenters. The standard InChI is InChI=1S/C45H28N2OS/c1-3-11-29(12-4-1)35-15-7-9-17-40(35)47(34-24-25-37-36-16-8-10-18-41(36)48-42(37)28-34)33-23-21-30-19-20-31-22-26-39-44(43(31)38(30)27-33)49-45(46-39)32-13-5-2-6-14-32/h1-28H. The fourth-order valence-electron chi connectivity index (χ4n) is 7.16. The molecular formula is C45H28N2OS. The molecule has 0 amide bonds. The van der Waals surface area contributed by atoms with E-state index in [0.717, 1.165) is 60.7 Å². The Morgan fingerprint density at radius 3 is 2.02 bits per heavy atom. The van der Waals surface area contributed by atoms with Crippen LogP contribution >= 0.6 is 11.3 Å². The van der Waals surface area contributed by atoms with Gasteiger partial charge in [-0.1, -0.05) is 121 Å². The number of anilines is 3. The zero-order valence-electron chi connectivity index (χ0n) is 26.4. The Kier molecular flexibility index (Phi) is 6.36. The lowest BCUT2D eigenvalue weighted by Gasteiger charge is -2.28. The summed E-state index contributed by atoms with van der Waals surface area (Å²) in [5.74, 6) is 0. The van der Waals surface area contributed by atoms with E-state index in [9.17, 15) is 0 Å². The van der Waals surface area contributed by atoms with Gasteiger partial charge in [0.25, 0.3) is 0 Å². The number of hydrogen-bond acceptors (Lipinski definition) is 4. The predicted octanol–water partition coefficient (Wildman–Crippen LogP) is 13.3. The van der Waals surface area contributed by atoms with E-state index in [0.29, 0.717) is 0 Å². The zero-order valence-corrected chi connectivity index (χ0v) is 27.2. The van der Waals surface area contributed by atoms with Crippen LogP contribution in [0, 0.1) is 0 Å². The Labute approximate surface area is 286 Å². The van der Waals surface area contributed by atoms with Gasteiger partial charge in [-0.15, -0.1) is 11.3 Å². The van der Waals surface area contributed by atoms with Gasteiger partial charge in [0.1, 0.15) is 16.2 Å². The van der Waals surface area contributed by atoms with Crippen LogP contribution in [-0.4, -0.2) is 4.98 Å². The van der Waals surface area contributed by atoms with Crippen LogP contribution in [0.2, 0.25) is 0 Å². The number of thiazole rings is 1. The van der Waals surface area contributed by atoms with Crippen molar-refractivity contribution in [3.63, 3.8) is 0 Å². The van der Waals surface area contributed by atoms with Crippen molar-refractivity contribution >= 4 is 82.1 Å². The van der Waals surface area contributed by atoms with Crippen LogP contribution in [0.5, 0.6) is 0 Å². The summed E-state index contributed by atoms with van der Waals surface area (Å²) in [5.41, 5.74) is 9.45. The average molecular weight is 645 g/mol. The smallest absolute Gasteiger partial charge is 0.137 e. The van der Waals surface area contributed by atoms with Crippen molar-refractivity contribution in [2.75, 3.05) is 4.90 Å². The van der Waals surface area contributed by atoms with Gasteiger partial charge in [0, 0.05) is 44.7 Å². The van der Waals surface area contributed by atoms with Crippen LogP contribution in [0.1, 0.15) is 0 Å². The van der Waals surface area contributed by atoms with Gasteiger partial charge in [-0.25, -0.2) is 4.98 Å². The molecule has 0 atom stereocenters. The molecule has 10 rings (SSSR count). The Balaban J connectivity index is 1.24. The molecule has 0 saturated carbocycles. The van der Waals surface area contributed by atoms with Crippen LogP contribution in [0.4, 0.5) is 17.1 Å². The summed E-state index contributed by atoms with van der Waals surface area (Å²) in [6, 6.07) is 60.3. The first-order valence-corrected chi connectivity index (χ1v) is 17.3. The number of para-hydroxylation sites is 2. The molecule has 0 radical (unpaired) electrons. The van der Waals surface area contributed by atoms with Crippen molar-refractivity contribution in [2.24, 2.45) is 0 Å². The lowest BCUT2D eigenvalue weighted by Crippen LogP contribution is -2.11. The average Bonchev–Trinajstić information content (AvgIpc) is 3.77. The zero-order chi connectivity index (χ0) is 32.3. The van der Waals surface area contributed by atoms with Crippen LogP contribution in [0.3, 0.4) is 0 Å². The molecule has 0 aliphatic rings. The maximum absolute atomic E-state index is 6.41. The van der Waals surface area contributed by atoms with Gasteiger partial charge in [-0.3, -0.25) is 0 Å². The highest BCUT2D eigenvalue weighted by atomic mass is 32.1. The summed E-state index contributed by atoms with van der Waals surface area (Å²) in [4.78, 5) is 7.45. The van der Waals surface area contributed by atoms with Crippen LogP contribution in [0.15, 0.2) is 174 Å². The number of aromatic nitrogens is 1. The molecule has 4 heteroatoms. The molecular weight excluding hydrogens is 617 g/mol. The van der Waals surface area contributed by atoms with Crippen LogP contribution in [0.25, 0.3) is 75.4 Å². The number of rotatable bonds is 5. The molecule has 3 nitrogen and oxygen atoms in total. The van der Waals surface area contributed by atoms with E-state index in [1.165, 1.54) is 31.8 Å². The Hall–Kier alpha value is -6.23. The van der Waals surface area contributed by atoms with Gasteiger partial charge < -0.3 is 9.32 Å². The second kappa shape index (κ2) is 11.2. The quantitative estimate of drug-likeness (QED) is 0.175. The Morgan fingerprint density at radius 1 is 0.490 bits per heavy atom. The van der Waals surface area contributed by atoms with E-state index < -0.39 is 0 Å². The topological polar surface area (TPSA) is 29.3 Å². The number of furan rings is 1. The maximum Gasteiger partial charge on any atom is 0.137 e. The minimum atomic E-state index is 0.868. The first-order chi connectivity index (χ1) is 24.3. The third kappa shape index (κ3) is 4.61. The van der Waals surface area contributed by atoms with Crippen molar-refractivity contribution in [1.29, 1.82) is 0 Å². The van der Waals surface area contributed by atoms with Gasteiger partial charge >= 0.3 is 0 Å². The molecule has 0 fully saturated rings. The summed E-state index contributed by atoms with van der Waals surface area (Å²) in [6.45, 7) is 0. The molecule has 2 heterocycles. The summed E-state index contributed by atoms with van der Waals surface area (Å²) < 4.78 is 7.62. The summed E-state index contributed by atoms with van der Waals surface area (Å²) in [6.07, 6.45) is 0. The highest BCUT2D eigenvalue weighted by Crippen LogP contribution is 2.45. The third-order valence-electron chi connectivity index (χ3n) is 9.47. The van der Waals surface area contributed by atoms with Crippen molar-refractivity contribution in [2.45, 2.75) is 0 Å². The molecule has 230 valence electrons. The van der Waals surface area contributed by atoms with Crippen molar-refractivity contribution in [1.82, 2.24) is 4.98 Å². The van der Waals surface area contributed by atoms with Crippen LogP contribution in [-0.2, 0) is 0 Å². The van der Waals surface area contributed by atoms with Crippen LogP contribution < -0.4 is 4.90 Å². The van der Waals surface area contributed by atoms with Crippen molar-refractivity contribution in [3.8, 4) is 21.7 Å². The van der Waals surface area contributed by atoms with E-state index in [2.05, 4.69) is 163 Å². The fraction of sp³-hybridized carbons (Fsp3) is 0. The van der Waals surface area contributed by atoms with Gasteiger partial charge in [-0.05, 0) is 64.2 Å². The normalized spacial score (nSPS) is 11.7. The van der Waals surface area contributed by atoms with Crippen molar-refractivity contribution in [3.05, 3.63) is 170 Å². The van der Waals surface area contributed by atoms with E-state index in [1.807, 2.05) is 12.1 Å².